The summed E-state index contributed by atoms with van der Waals surface area (Å²) in [6.07, 6.45) is 0. The van der Waals surface area contributed by atoms with Crippen molar-refractivity contribution in [3.05, 3.63) is 94.0 Å². The monoisotopic (exact) mass is 498 g/mol. The molecule has 0 bridgehead atoms. The van der Waals surface area contributed by atoms with E-state index in [4.69, 9.17) is 16.3 Å². The van der Waals surface area contributed by atoms with Crippen LogP contribution in [0.1, 0.15) is 17.2 Å². The van der Waals surface area contributed by atoms with Crippen LogP contribution in [0.3, 0.4) is 0 Å². The van der Waals surface area contributed by atoms with Gasteiger partial charge in [-0.25, -0.2) is 8.78 Å². The van der Waals surface area contributed by atoms with Gasteiger partial charge >= 0.3 is 0 Å². The highest BCUT2D eigenvalue weighted by atomic mass is 35.5. The smallest absolute Gasteiger partial charge is 0.300 e. The number of hydrogen-bond acceptors (Lipinski definition) is 5. The van der Waals surface area contributed by atoms with E-state index >= 15 is 0 Å². The van der Waals surface area contributed by atoms with Gasteiger partial charge in [0.25, 0.3) is 11.7 Å². The number of halogens is 3. The maximum absolute atomic E-state index is 14.1. The third kappa shape index (κ3) is 4.33. The third-order valence-corrected chi connectivity index (χ3v) is 6.07. The van der Waals surface area contributed by atoms with Crippen molar-refractivity contribution in [1.82, 2.24) is 0 Å². The van der Waals surface area contributed by atoms with E-state index in [1.165, 1.54) is 31.4 Å². The van der Waals surface area contributed by atoms with Crippen LogP contribution in [-0.2, 0) is 9.59 Å². The minimum atomic E-state index is -1.17. The van der Waals surface area contributed by atoms with Gasteiger partial charge in [-0.15, -0.1) is 0 Å². The molecular weight excluding hydrogens is 478 g/mol. The molecule has 1 saturated heterocycles. The van der Waals surface area contributed by atoms with E-state index in [0.29, 0.717) is 11.3 Å². The Morgan fingerprint density at radius 1 is 1.00 bits per heavy atom. The van der Waals surface area contributed by atoms with Gasteiger partial charge in [0.05, 0.1) is 23.7 Å². The first-order valence-electron chi connectivity index (χ1n) is 10.5. The van der Waals surface area contributed by atoms with Crippen LogP contribution >= 0.6 is 11.6 Å². The van der Waals surface area contributed by atoms with Gasteiger partial charge in [0, 0.05) is 37.1 Å². The molecule has 35 heavy (non-hydrogen) atoms. The number of amides is 1. The molecule has 0 aromatic heterocycles. The van der Waals surface area contributed by atoms with Gasteiger partial charge in [0.2, 0.25) is 0 Å². The second kappa shape index (κ2) is 9.38. The number of methoxy groups -OCH3 is 1. The first-order valence-corrected chi connectivity index (χ1v) is 10.9. The van der Waals surface area contributed by atoms with Gasteiger partial charge in [-0.05, 0) is 48.0 Å². The third-order valence-electron chi connectivity index (χ3n) is 5.78. The summed E-state index contributed by atoms with van der Waals surface area (Å²) in [5.41, 5.74) is 1.30. The largest absolute Gasteiger partial charge is 0.507 e. The molecular formula is C26H21ClF2N2O4. The molecule has 1 heterocycles. The highest BCUT2D eigenvalue weighted by Gasteiger charge is 2.47. The molecule has 1 aliphatic rings. The lowest BCUT2D eigenvalue weighted by atomic mass is 9.95. The predicted octanol–water partition coefficient (Wildman–Crippen LogP) is 5.32. The van der Waals surface area contributed by atoms with E-state index in [1.807, 2.05) is 19.0 Å². The Morgan fingerprint density at radius 2 is 1.69 bits per heavy atom. The van der Waals surface area contributed by atoms with Gasteiger partial charge in [-0.2, -0.15) is 0 Å². The number of benzene rings is 3. The number of aliphatic hydroxyl groups excluding tert-OH is 1. The molecule has 0 spiro atoms. The number of nitrogens with zero attached hydrogens (tertiary/aromatic N) is 2. The predicted molar refractivity (Wildman–Crippen MR) is 130 cm³/mol. The van der Waals surface area contributed by atoms with Crippen LogP contribution in [0.15, 0.2) is 66.2 Å². The standard InChI is InChI=1S/C26H21ClF2N2O4/c1-30(2)16-7-4-14(5-8-16)23-22(24(32)15-6-11-21(35-3)18(27)12-15)25(33)26(34)31(23)17-9-10-19(28)20(29)13-17/h4-13,23,32H,1-3H3/b24-22+. The van der Waals surface area contributed by atoms with E-state index in [0.717, 1.165) is 22.7 Å². The Balaban J connectivity index is 1.93. The number of carbonyl (C=O) groups is 2. The van der Waals surface area contributed by atoms with Crippen LogP contribution in [-0.4, -0.2) is 38.0 Å². The second-order valence-electron chi connectivity index (χ2n) is 8.10. The van der Waals surface area contributed by atoms with Crippen LogP contribution in [0.4, 0.5) is 20.2 Å². The van der Waals surface area contributed by atoms with Crippen molar-refractivity contribution < 1.29 is 28.2 Å². The number of ether oxygens (including phenoxy) is 1. The molecule has 9 heteroatoms. The summed E-state index contributed by atoms with van der Waals surface area (Å²) in [6.45, 7) is 0. The Bertz CT molecular complexity index is 1360. The average Bonchev–Trinajstić information content (AvgIpc) is 3.10. The molecule has 180 valence electrons. The summed E-state index contributed by atoms with van der Waals surface area (Å²) < 4.78 is 32.8. The van der Waals surface area contributed by atoms with Gasteiger partial charge in [-0.1, -0.05) is 23.7 Å². The lowest BCUT2D eigenvalue weighted by Gasteiger charge is -2.26. The minimum Gasteiger partial charge on any atom is -0.507 e. The van der Waals surface area contributed by atoms with Gasteiger partial charge < -0.3 is 14.7 Å². The van der Waals surface area contributed by atoms with Crippen molar-refractivity contribution in [2.75, 3.05) is 31.0 Å². The summed E-state index contributed by atoms with van der Waals surface area (Å²) in [5, 5.41) is 11.4. The number of ketones is 1. The number of rotatable bonds is 5. The molecule has 0 saturated carbocycles. The summed E-state index contributed by atoms with van der Waals surface area (Å²) >= 11 is 6.20. The first-order chi connectivity index (χ1) is 16.6. The maximum atomic E-state index is 14.1. The molecule has 1 atom stereocenters. The molecule has 1 unspecified atom stereocenters. The molecule has 4 rings (SSSR count). The van der Waals surface area contributed by atoms with Crippen molar-refractivity contribution >= 4 is 40.4 Å². The molecule has 3 aromatic carbocycles. The first kappa shape index (κ1) is 24.2. The fourth-order valence-electron chi connectivity index (χ4n) is 3.97. The van der Waals surface area contributed by atoms with Crippen molar-refractivity contribution in [2.45, 2.75) is 6.04 Å². The number of anilines is 2. The van der Waals surface area contributed by atoms with E-state index < -0.39 is 35.1 Å². The molecule has 0 radical (unpaired) electrons. The van der Waals surface area contributed by atoms with Crippen LogP contribution in [0.5, 0.6) is 5.75 Å². The zero-order valence-corrected chi connectivity index (χ0v) is 19.8. The molecule has 1 aliphatic heterocycles. The number of aliphatic hydroxyl groups is 1. The van der Waals surface area contributed by atoms with Gasteiger partial charge in [-0.3, -0.25) is 14.5 Å². The van der Waals surface area contributed by atoms with E-state index in [-0.39, 0.29) is 21.8 Å². The topological polar surface area (TPSA) is 70.1 Å². The Morgan fingerprint density at radius 3 is 2.26 bits per heavy atom. The second-order valence-corrected chi connectivity index (χ2v) is 8.51. The average molecular weight is 499 g/mol. The van der Waals surface area contributed by atoms with Crippen molar-refractivity contribution in [1.29, 1.82) is 0 Å². The van der Waals surface area contributed by atoms with E-state index in [1.54, 1.807) is 24.3 Å². The number of carbonyl (C=O) groups excluding carboxylic acids is 2. The van der Waals surface area contributed by atoms with Crippen molar-refractivity contribution in [2.24, 2.45) is 0 Å². The number of Topliss-reactive ketones (excluding diaryl/α,β-unsaturated/α-hetero) is 1. The zero-order chi connectivity index (χ0) is 25.4. The minimum absolute atomic E-state index is 0.0282. The molecule has 0 aliphatic carbocycles. The van der Waals surface area contributed by atoms with Gasteiger partial charge in [0.15, 0.2) is 11.6 Å². The van der Waals surface area contributed by atoms with Crippen LogP contribution < -0.4 is 14.5 Å². The normalized spacial score (nSPS) is 17.1. The Labute approximate surface area is 205 Å². The van der Waals surface area contributed by atoms with Crippen LogP contribution in [0.2, 0.25) is 5.02 Å². The quantitative estimate of drug-likeness (QED) is 0.293. The zero-order valence-electron chi connectivity index (χ0n) is 19.1. The van der Waals surface area contributed by atoms with Crippen LogP contribution in [0.25, 0.3) is 5.76 Å². The molecule has 1 fully saturated rings. The SMILES string of the molecule is COc1ccc(/C(O)=C2\C(=O)C(=O)N(c3ccc(F)c(F)c3)C2c2ccc(N(C)C)cc2)cc1Cl. The summed E-state index contributed by atoms with van der Waals surface area (Å²) in [6, 6.07) is 13.2. The fourth-order valence-corrected chi connectivity index (χ4v) is 4.23. The Hall–Kier alpha value is -3.91. The highest BCUT2D eigenvalue weighted by molar-refractivity contribution is 6.51. The highest BCUT2D eigenvalue weighted by Crippen LogP contribution is 2.43. The summed E-state index contributed by atoms with van der Waals surface area (Å²) in [5.74, 6) is -4.32. The van der Waals surface area contributed by atoms with Gasteiger partial charge in [0.1, 0.15) is 11.5 Å². The maximum Gasteiger partial charge on any atom is 0.300 e. The van der Waals surface area contributed by atoms with E-state index in [2.05, 4.69) is 0 Å². The number of hydrogen-bond donors (Lipinski definition) is 1. The summed E-state index contributed by atoms with van der Waals surface area (Å²) in [4.78, 5) is 29.2. The molecule has 1 N–H and O–H groups in total. The fraction of sp³-hybridized carbons (Fsp3) is 0.154. The molecule has 3 aromatic rings. The lowest BCUT2D eigenvalue weighted by Crippen LogP contribution is -2.29. The van der Waals surface area contributed by atoms with Crippen molar-refractivity contribution in [3.63, 3.8) is 0 Å². The van der Waals surface area contributed by atoms with E-state index in [9.17, 15) is 23.5 Å². The summed E-state index contributed by atoms with van der Waals surface area (Å²) in [7, 11) is 5.15. The Kier molecular flexibility index (Phi) is 6.49. The molecule has 1 amide bonds. The molecule has 6 nitrogen and oxygen atoms in total. The lowest BCUT2D eigenvalue weighted by molar-refractivity contribution is -0.132. The van der Waals surface area contributed by atoms with Crippen LogP contribution in [0, 0.1) is 11.6 Å². The van der Waals surface area contributed by atoms with Crippen molar-refractivity contribution in [3.8, 4) is 5.75 Å².